The number of primary sulfonamides is 1. The summed E-state index contributed by atoms with van der Waals surface area (Å²) in [6.07, 6.45) is 0. The summed E-state index contributed by atoms with van der Waals surface area (Å²) in [6.45, 7) is 0.362. The molecule has 0 aliphatic rings. The topological polar surface area (TPSA) is 92.4 Å². The molecule has 0 aromatic heterocycles. The number of aromatic hydroxyl groups is 1. The number of sulfonamides is 1. The molecular formula is C13H13ClN2O3S. The molecule has 2 rings (SSSR count). The van der Waals surface area contributed by atoms with Gasteiger partial charge in [0.2, 0.25) is 10.0 Å². The van der Waals surface area contributed by atoms with Crippen LogP contribution in [0.25, 0.3) is 0 Å². The van der Waals surface area contributed by atoms with Gasteiger partial charge in [-0.2, -0.15) is 0 Å². The zero-order chi connectivity index (χ0) is 14.8. The number of nitrogens with one attached hydrogen (secondary N) is 1. The van der Waals surface area contributed by atoms with Gasteiger partial charge in [0.25, 0.3) is 0 Å². The van der Waals surface area contributed by atoms with Crippen LogP contribution in [0.5, 0.6) is 5.75 Å². The molecular weight excluding hydrogens is 300 g/mol. The van der Waals surface area contributed by atoms with E-state index in [4.69, 9.17) is 16.7 Å². The van der Waals surface area contributed by atoms with Crippen LogP contribution in [0, 0.1) is 0 Å². The number of hydrogen-bond acceptors (Lipinski definition) is 4. The standard InChI is InChI=1S/C13H13ClN2O3S/c14-10-1-6-13(17)9(7-10)8-16-11-2-4-12(5-3-11)20(15,18)19/h1-7,16-17H,8H2,(H2,15,18,19). The Kier molecular flexibility index (Phi) is 4.17. The van der Waals surface area contributed by atoms with E-state index in [0.29, 0.717) is 22.8 Å². The van der Waals surface area contributed by atoms with Crippen LogP contribution in [0.2, 0.25) is 5.02 Å². The lowest BCUT2D eigenvalue weighted by atomic mass is 10.2. The van der Waals surface area contributed by atoms with Crippen LogP contribution in [0.1, 0.15) is 5.56 Å². The molecule has 0 unspecified atom stereocenters. The third-order valence-electron chi connectivity index (χ3n) is 2.71. The fourth-order valence-corrected chi connectivity index (χ4v) is 2.37. The first kappa shape index (κ1) is 14.6. The zero-order valence-electron chi connectivity index (χ0n) is 10.4. The van der Waals surface area contributed by atoms with Gasteiger partial charge in [-0.3, -0.25) is 0 Å². The Balaban J connectivity index is 2.10. The van der Waals surface area contributed by atoms with Crippen molar-refractivity contribution < 1.29 is 13.5 Å². The minimum Gasteiger partial charge on any atom is -0.508 e. The molecule has 0 amide bonds. The van der Waals surface area contributed by atoms with E-state index in [0.717, 1.165) is 0 Å². The molecule has 0 radical (unpaired) electrons. The van der Waals surface area contributed by atoms with Gasteiger partial charge in [-0.15, -0.1) is 0 Å². The number of hydrogen-bond donors (Lipinski definition) is 3. The second-order valence-corrected chi connectivity index (χ2v) is 6.19. The molecule has 0 saturated heterocycles. The monoisotopic (exact) mass is 312 g/mol. The summed E-state index contributed by atoms with van der Waals surface area (Å²) in [5, 5.41) is 18.3. The Labute approximate surface area is 122 Å². The molecule has 0 aliphatic heterocycles. The van der Waals surface area contributed by atoms with Crippen molar-refractivity contribution in [1.29, 1.82) is 0 Å². The highest BCUT2D eigenvalue weighted by atomic mass is 35.5. The Bertz CT molecular complexity index is 715. The van der Waals surface area contributed by atoms with Crippen molar-refractivity contribution in [2.75, 3.05) is 5.32 Å². The summed E-state index contributed by atoms with van der Waals surface area (Å²) in [5.74, 6) is 0.142. The average molecular weight is 313 g/mol. The summed E-state index contributed by atoms with van der Waals surface area (Å²) in [5.41, 5.74) is 1.35. The molecule has 5 nitrogen and oxygen atoms in total. The number of nitrogens with two attached hydrogens (primary N) is 1. The maximum absolute atomic E-state index is 11.1. The largest absolute Gasteiger partial charge is 0.508 e. The molecule has 7 heteroatoms. The third-order valence-corrected chi connectivity index (χ3v) is 3.87. The molecule has 0 fully saturated rings. The lowest BCUT2D eigenvalue weighted by Crippen LogP contribution is -2.12. The Hall–Kier alpha value is -1.76. The third kappa shape index (κ3) is 3.63. The first-order chi connectivity index (χ1) is 9.36. The van der Waals surface area contributed by atoms with Crippen molar-refractivity contribution in [2.24, 2.45) is 5.14 Å². The molecule has 0 heterocycles. The van der Waals surface area contributed by atoms with Crippen LogP contribution in [-0.2, 0) is 16.6 Å². The number of benzene rings is 2. The maximum Gasteiger partial charge on any atom is 0.238 e. The zero-order valence-corrected chi connectivity index (χ0v) is 11.9. The van der Waals surface area contributed by atoms with Crippen molar-refractivity contribution in [2.45, 2.75) is 11.4 Å². The van der Waals surface area contributed by atoms with E-state index < -0.39 is 10.0 Å². The number of phenols is 1. The van der Waals surface area contributed by atoms with E-state index >= 15 is 0 Å². The van der Waals surface area contributed by atoms with Crippen molar-refractivity contribution in [3.05, 3.63) is 53.1 Å². The molecule has 4 N–H and O–H groups in total. The van der Waals surface area contributed by atoms with Crippen LogP contribution < -0.4 is 10.5 Å². The first-order valence-corrected chi connectivity index (χ1v) is 7.63. The molecule has 0 aliphatic carbocycles. The maximum atomic E-state index is 11.1. The van der Waals surface area contributed by atoms with E-state index in [1.165, 1.54) is 18.2 Å². The highest BCUT2D eigenvalue weighted by Gasteiger charge is 2.07. The average Bonchev–Trinajstić information content (AvgIpc) is 2.39. The van der Waals surface area contributed by atoms with Gasteiger partial charge in [0.05, 0.1) is 4.90 Å². The van der Waals surface area contributed by atoms with Crippen LogP contribution in [0.3, 0.4) is 0 Å². The van der Waals surface area contributed by atoms with Crippen molar-refractivity contribution >= 4 is 27.3 Å². The molecule has 2 aromatic carbocycles. The van der Waals surface area contributed by atoms with E-state index in [1.807, 2.05) is 0 Å². The molecule has 20 heavy (non-hydrogen) atoms. The second kappa shape index (κ2) is 5.70. The molecule has 106 valence electrons. The van der Waals surface area contributed by atoms with E-state index in [1.54, 1.807) is 24.3 Å². The van der Waals surface area contributed by atoms with Crippen LogP contribution in [0.15, 0.2) is 47.4 Å². The molecule has 2 aromatic rings. The van der Waals surface area contributed by atoms with Crippen molar-refractivity contribution in [3.8, 4) is 5.75 Å². The fourth-order valence-electron chi connectivity index (χ4n) is 1.66. The normalized spacial score (nSPS) is 11.3. The number of phenolic OH excluding ortho intramolecular Hbond substituents is 1. The number of rotatable bonds is 4. The van der Waals surface area contributed by atoms with E-state index in [9.17, 15) is 13.5 Å². The van der Waals surface area contributed by atoms with Gasteiger partial charge in [0.15, 0.2) is 0 Å². The Morgan fingerprint density at radius 2 is 1.80 bits per heavy atom. The summed E-state index contributed by atoms with van der Waals surface area (Å²) < 4.78 is 22.2. The lowest BCUT2D eigenvalue weighted by Gasteiger charge is -2.09. The highest BCUT2D eigenvalue weighted by molar-refractivity contribution is 7.89. The van der Waals surface area contributed by atoms with E-state index in [2.05, 4.69) is 5.32 Å². The Morgan fingerprint density at radius 3 is 2.40 bits per heavy atom. The molecule has 0 atom stereocenters. The summed E-state index contributed by atoms with van der Waals surface area (Å²) >= 11 is 5.85. The Morgan fingerprint density at radius 1 is 1.15 bits per heavy atom. The van der Waals surface area contributed by atoms with Gasteiger partial charge in [-0.05, 0) is 42.5 Å². The quantitative estimate of drug-likeness (QED) is 0.807. The highest BCUT2D eigenvalue weighted by Crippen LogP contribution is 2.22. The molecule has 0 bridgehead atoms. The minimum absolute atomic E-state index is 0.0497. The molecule has 0 spiro atoms. The van der Waals surface area contributed by atoms with Gasteiger partial charge in [0.1, 0.15) is 5.75 Å². The van der Waals surface area contributed by atoms with Gasteiger partial charge in [-0.1, -0.05) is 11.6 Å². The number of halogens is 1. The number of anilines is 1. The lowest BCUT2D eigenvalue weighted by molar-refractivity contribution is 0.469. The van der Waals surface area contributed by atoms with Gasteiger partial charge >= 0.3 is 0 Å². The smallest absolute Gasteiger partial charge is 0.238 e. The van der Waals surface area contributed by atoms with Crippen LogP contribution in [0.4, 0.5) is 5.69 Å². The summed E-state index contributed by atoms with van der Waals surface area (Å²) in [4.78, 5) is 0.0497. The summed E-state index contributed by atoms with van der Waals surface area (Å²) in [6, 6.07) is 10.8. The van der Waals surface area contributed by atoms with Crippen molar-refractivity contribution in [3.63, 3.8) is 0 Å². The fraction of sp³-hybridized carbons (Fsp3) is 0.0769. The molecule has 0 saturated carbocycles. The summed E-state index contributed by atoms with van der Waals surface area (Å²) in [7, 11) is -3.68. The van der Waals surface area contributed by atoms with Gasteiger partial charge in [-0.25, -0.2) is 13.6 Å². The minimum atomic E-state index is -3.68. The van der Waals surface area contributed by atoms with Gasteiger partial charge < -0.3 is 10.4 Å². The van der Waals surface area contributed by atoms with Crippen LogP contribution >= 0.6 is 11.6 Å². The van der Waals surface area contributed by atoms with E-state index in [-0.39, 0.29) is 10.6 Å². The first-order valence-electron chi connectivity index (χ1n) is 5.70. The predicted molar refractivity (Wildman–Crippen MR) is 78.3 cm³/mol. The SMILES string of the molecule is NS(=O)(=O)c1ccc(NCc2cc(Cl)ccc2O)cc1. The predicted octanol–water partition coefficient (Wildman–Crippen LogP) is 2.31. The van der Waals surface area contributed by atoms with Gasteiger partial charge in [0, 0.05) is 22.8 Å². The second-order valence-electron chi connectivity index (χ2n) is 4.20. The van der Waals surface area contributed by atoms with Crippen molar-refractivity contribution in [1.82, 2.24) is 0 Å². The van der Waals surface area contributed by atoms with Crippen LogP contribution in [-0.4, -0.2) is 13.5 Å².